The summed E-state index contributed by atoms with van der Waals surface area (Å²) in [5.41, 5.74) is 0. The number of rotatable bonds is 12. The lowest BCUT2D eigenvalue weighted by Gasteiger charge is -2.30. The molecule has 0 aliphatic heterocycles. The maximum Gasteiger partial charge on any atom is -0.0363 e. The van der Waals surface area contributed by atoms with Crippen molar-refractivity contribution in [3.8, 4) is 0 Å². The largest absolute Gasteiger partial charge is 0.0654 e. The van der Waals surface area contributed by atoms with Crippen LogP contribution in [0.3, 0.4) is 0 Å². The van der Waals surface area contributed by atoms with Crippen LogP contribution in [0.15, 0.2) is 0 Å². The second-order valence-corrected chi connectivity index (χ2v) is 6.42. The Morgan fingerprint density at radius 2 is 1.28 bits per heavy atom. The Kier molecular flexibility index (Phi) is 12.1. The fourth-order valence-corrected chi connectivity index (χ4v) is 3.28. The van der Waals surface area contributed by atoms with Crippen LogP contribution in [-0.4, -0.2) is 0 Å². The van der Waals surface area contributed by atoms with Crippen molar-refractivity contribution < 1.29 is 0 Å². The molecule has 0 aromatic rings. The predicted molar refractivity (Wildman–Crippen MR) is 85.0 cm³/mol. The second kappa shape index (κ2) is 12.1. The van der Waals surface area contributed by atoms with Gasteiger partial charge in [0.1, 0.15) is 0 Å². The summed E-state index contributed by atoms with van der Waals surface area (Å²) in [7, 11) is 0. The highest BCUT2D eigenvalue weighted by atomic mass is 14.3. The molecule has 0 saturated heterocycles. The first-order valence-electron chi connectivity index (χ1n) is 8.67. The van der Waals surface area contributed by atoms with E-state index in [4.69, 9.17) is 0 Å². The average molecular weight is 255 g/mol. The van der Waals surface area contributed by atoms with Gasteiger partial charge in [0.25, 0.3) is 0 Å². The highest BCUT2D eigenvalue weighted by molar-refractivity contribution is 4.72. The van der Waals surface area contributed by atoms with Crippen molar-refractivity contribution in [2.24, 2.45) is 17.8 Å². The Morgan fingerprint density at radius 3 is 1.78 bits per heavy atom. The minimum atomic E-state index is 0.873. The van der Waals surface area contributed by atoms with E-state index in [1.165, 1.54) is 64.2 Å². The van der Waals surface area contributed by atoms with Gasteiger partial charge in [0.15, 0.2) is 0 Å². The van der Waals surface area contributed by atoms with E-state index in [9.17, 15) is 0 Å². The summed E-state index contributed by atoms with van der Waals surface area (Å²) in [6.45, 7) is 11.9. The maximum absolute atomic E-state index is 2.44. The molecular weight excluding hydrogens is 216 g/mol. The molecule has 0 aromatic carbocycles. The molecule has 0 spiro atoms. The number of hydrogen-bond acceptors (Lipinski definition) is 0. The topological polar surface area (TPSA) is 0 Å². The van der Waals surface area contributed by atoms with Crippen molar-refractivity contribution in [1.29, 1.82) is 0 Å². The molecule has 0 aromatic heterocycles. The highest BCUT2D eigenvalue weighted by Gasteiger charge is 2.22. The van der Waals surface area contributed by atoms with Crippen molar-refractivity contribution in [3.63, 3.8) is 0 Å². The summed E-state index contributed by atoms with van der Waals surface area (Å²) in [5.74, 6) is 2.83. The molecule has 0 aliphatic rings. The zero-order valence-electron chi connectivity index (χ0n) is 13.8. The van der Waals surface area contributed by atoms with E-state index in [1.54, 1.807) is 0 Å². The molecule has 0 N–H and O–H groups in total. The lowest BCUT2D eigenvalue weighted by molar-refractivity contribution is 0.209. The van der Waals surface area contributed by atoms with Crippen LogP contribution in [0.2, 0.25) is 0 Å². The van der Waals surface area contributed by atoms with E-state index in [0.717, 1.165) is 17.8 Å². The third kappa shape index (κ3) is 8.16. The van der Waals surface area contributed by atoms with Crippen LogP contribution in [0, 0.1) is 17.8 Å². The van der Waals surface area contributed by atoms with Gasteiger partial charge in [0.2, 0.25) is 0 Å². The zero-order chi connectivity index (χ0) is 13.8. The molecular formula is C18H38. The van der Waals surface area contributed by atoms with E-state index in [2.05, 4.69) is 34.6 Å². The second-order valence-electron chi connectivity index (χ2n) is 6.42. The Labute approximate surface area is 117 Å². The molecule has 2 atom stereocenters. The molecule has 0 nitrogen and oxygen atoms in total. The van der Waals surface area contributed by atoms with Crippen LogP contribution in [-0.2, 0) is 0 Å². The normalized spacial score (nSPS) is 15.0. The molecule has 0 saturated carbocycles. The Bertz CT molecular complexity index is 159. The van der Waals surface area contributed by atoms with Gasteiger partial charge >= 0.3 is 0 Å². The summed E-state index contributed by atoms with van der Waals surface area (Å²) in [6.07, 6.45) is 14.3. The predicted octanol–water partition coefficient (Wildman–Crippen LogP) is 6.84. The first-order valence-corrected chi connectivity index (χ1v) is 8.67. The zero-order valence-corrected chi connectivity index (χ0v) is 13.8. The lowest BCUT2D eigenvalue weighted by Crippen LogP contribution is -2.20. The Hall–Kier alpha value is 0. The quantitative estimate of drug-likeness (QED) is 0.335. The van der Waals surface area contributed by atoms with Crippen molar-refractivity contribution >= 4 is 0 Å². The minimum absolute atomic E-state index is 0.873. The standard InChI is InChI=1S/C18H38/c1-6-9-11-12-13-15-18(16(4)5)17(8-3)14-10-7-2/h16-18H,6-15H2,1-5H3. The first kappa shape index (κ1) is 18.0. The van der Waals surface area contributed by atoms with Crippen molar-refractivity contribution in [1.82, 2.24) is 0 Å². The molecule has 0 radical (unpaired) electrons. The molecule has 0 fully saturated rings. The van der Waals surface area contributed by atoms with Crippen molar-refractivity contribution in [2.45, 2.75) is 98.8 Å². The molecule has 0 amide bonds. The molecule has 0 aliphatic carbocycles. The van der Waals surface area contributed by atoms with Gasteiger partial charge in [0.05, 0.1) is 0 Å². The van der Waals surface area contributed by atoms with Crippen LogP contribution < -0.4 is 0 Å². The van der Waals surface area contributed by atoms with E-state index in [1.807, 2.05) is 0 Å². The summed E-state index contributed by atoms with van der Waals surface area (Å²) < 4.78 is 0. The van der Waals surface area contributed by atoms with Gasteiger partial charge in [-0.3, -0.25) is 0 Å². The van der Waals surface area contributed by atoms with Gasteiger partial charge in [-0.05, 0) is 24.2 Å². The van der Waals surface area contributed by atoms with E-state index < -0.39 is 0 Å². The van der Waals surface area contributed by atoms with Gasteiger partial charge in [0, 0.05) is 0 Å². The summed E-state index contributed by atoms with van der Waals surface area (Å²) in [6, 6.07) is 0. The molecule has 110 valence electrons. The molecule has 0 bridgehead atoms. The molecule has 18 heavy (non-hydrogen) atoms. The molecule has 0 rings (SSSR count). The van der Waals surface area contributed by atoms with E-state index in [-0.39, 0.29) is 0 Å². The summed E-state index contributed by atoms with van der Waals surface area (Å²) in [4.78, 5) is 0. The monoisotopic (exact) mass is 254 g/mol. The maximum atomic E-state index is 2.44. The molecule has 0 heterocycles. The average Bonchev–Trinajstić information content (AvgIpc) is 2.36. The fraction of sp³-hybridized carbons (Fsp3) is 1.00. The fourth-order valence-electron chi connectivity index (χ4n) is 3.28. The van der Waals surface area contributed by atoms with Gasteiger partial charge in [-0.25, -0.2) is 0 Å². The van der Waals surface area contributed by atoms with Gasteiger partial charge in [-0.2, -0.15) is 0 Å². The van der Waals surface area contributed by atoms with Gasteiger partial charge in [-0.15, -0.1) is 0 Å². The van der Waals surface area contributed by atoms with E-state index in [0.29, 0.717) is 0 Å². The highest BCUT2D eigenvalue weighted by Crippen LogP contribution is 2.32. The van der Waals surface area contributed by atoms with Crippen LogP contribution >= 0.6 is 0 Å². The third-order valence-electron chi connectivity index (χ3n) is 4.56. The van der Waals surface area contributed by atoms with Gasteiger partial charge < -0.3 is 0 Å². The van der Waals surface area contributed by atoms with Gasteiger partial charge in [-0.1, -0.05) is 92.4 Å². The molecule has 2 unspecified atom stereocenters. The first-order chi connectivity index (χ1) is 8.67. The van der Waals surface area contributed by atoms with E-state index >= 15 is 0 Å². The van der Waals surface area contributed by atoms with Crippen molar-refractivity contribution in [3.05, 3.63) is 0 Å². The smallest absolute Gasteiger partial charge is 0.0363 e. The Balaban J connectivity index is 4.01. The number of unbranched alkanes of at least 4 members (excludes halogenated alkanes) is 5. The van der Waals surface area contributed by atoms with Crippen LogP contribution in [0.1, 0.15) is 98.8 Å². The summed E-state index contributed by atoms with van der Waals surface area (Å²) >= 11 is 0. The third-order valence-corrected chi connectivity index (χ3v) is 4.56. The Morgan fingerprint density at radius 1 is 0.667 bits per heavy atom. The van der Waals surface area contributed by atoms with Crippen LogP contribution in [0.4, 0.5) is 0 Å². The van der Waals surface area contributed by atoms with Crippen LogP contribution in [0.5, 0.6) is 0 Å². The lowest BCUT2D eigenvalue weighted by atomic mass is 9.76. The summed E-state index contributed by atoms with van der Waals surface area (Å²) in [5, 5.41) is 0. The number of hydrogen-bond donors (Lipinski definition) is 0. The molecule has 0 heteroatoms. The SMILES string of the molecule is CCCCCCCC(C(C)C)C(CC)CCCC. The van der Waals surface area contributed by atoms with Crippen LogP contribution in [0.25, 0.3) is 0 Å². The van der Waals surface area contributed by atoms with Crippen molar-refractivity contribution in [2.75, 3.05) is 0 Å². The minimum Gasteiger partial charge on any atom is -0.0654 e.